The SMILES string of the molecule is CCSc1nsc(NCC(=O)c2ccc(S(=O)(=O)N(CC)CC)cc2)n1. The summed E-state index contributed by atoms with van der Waals surface area (Å²) in [4.78, 5) is 16.7. The highest BCUT2D eigenvalue weighted by atomic mass is 32.2. The molecule has 0 atom stereocenters. The van der Waals surface area contributed by atoms with Crippen LogP contribution < -0.4 is 5.32 Å². The number of carbonyl (C=O) groups excluding carboxylic acids is 1. The number of benzene rings is 1. The number of anilines is 1. The third kappa shape index (κ3) is 5.03. The van der Waals surface area contributed by atoms with Crippen molar-refractivity contribution in [2.45, 2.75) is 30.8 Å². The summed E-state index contributed by atoms with van der Waals surface area (Å²) >= 11 is 2.75. The van der Waals surface area contributed by atoms with Gasteiger partial charge < -0.3 is 5.32 Å². The Morgan fingerprint density at radius 3 is 2.42 bits per heavy atom. The minimum absolute atomic E-state index is 0.0770. The molecule has 1 aromatic carbocycles. The number of rotatable bonds is 10. The second-order valence-corrected chi connectivity index (χ2v) is 9.13. The van der Waals surface area contributed by atoms with Crippen molar-refractivity contribution in [1.82, 2.24) is 13.7 Å². The number of nitrogens with one attached hydrogen (secondary N) is 1. The van der Waals surface area contributed by atoms with E-state index in [1.807, 2.05) is 6.92 Å². The first-order chi connectivity index (χ1) is 12.4. The average molecular weight is 415 g/mol. The molecule has 0 spiro atoms. The zero-order valence-corrected chi connectivity index (χ0v) is 17.4. The Bertz CT molecular complexity index is 831. The molecule has 10 heteroatoms. The summed E-state index contributed by atoms with van der Waals surface area (Å²) in [5.41, 5.74) is 0.448. The number of carbonyl (C=O) groups is 1. The molecule has 0 unspecified atom stereocenters. The Balaban J connectivity index is 2.02. The number of sulfonamides is 1. The minimum Gasteiger partial charge on any atom is -0.353 e. The van der Waals surface area contributed by atoms with Crippen molar-refractivity contribution in [3.05, 3.63) is 29.8 Å². The van der Waals surface area contributed by atoms with E-state index in [2.05, 4.69) is 14.7 Å². The average Bonchev–Trinajstić information content (AvgIpc) is 3.08. The molecule has 0 amide bonds. The predicted molar refractivity (Wildman–Crippen MR) is 106 cm³/mol. The molecule has 0 saturated carbocycles. The van der Waals surface area contributed by atoms with E-state index in [0.717, 1.165) is 5.75 Å². The highest BCUT2D eigenvalue weighted by Gasteiger charge is 2.21. The first-order valence-electron chi connectivity index (χ1n) is 8.26. The maximum Gasteiger partial charge on any atom is 0.243 e. The number of hydrogen-bond donors (Lipinski definition) is 1. The van der Waals surface area contributed by atoms with Crippen molar-refractivity contribution in [2.75, 3.05) is 30.7 Å². The van der Waals surface area contributed by atoms with E-state index in [-0.39, 0.29) is 17.2 Å². The Hall–Kier alpha value is -1.49. The molecule has 1 heterocycles. The van der Waals surface area contributed by atoms with Gasteiger partial charge in [0.2, 0.25) is 20.3 Å². The van der Waals surface area contributed by atoms with Crippen LogP contribution in [0.4, 0.5) is 5.13 Å². The van der Waals surface area contributed by atoms with Gasteiger partial charge >= 0.3 is 0 Å². The van der Waals surface area contributed by atoms with Gasteiger partial charge in [0.1, 0.15) is 0 Å². The largest absolute Gasteiger partial charge is 0.353 e. The van der Waals surface area contributed by atoms with Crippen LogP contribution in [0.5, 0.6) is 0 Å². The van der Waals surface area contributed by atoms with Crippen LogP contribution in [0.15, 0.2) is 34.3 Å². The summed E-state index contributed by atoms with van der Waals surface area (Å²) in [5, 5.41) is 4.24. The van der Waals surface area contributed by atoms with Crippen LogP contribution in [0.1, 0.15) is 31.1 Å². The van der Waals surface area contributed by atoms with E-state index >= 15 is 0 Å². The van der Waals surface area contributed by atoms with Gasteiger partial charge in [-0.15, -0.1) is 0 Å². The standard InChI is InChI=1S/C16H22N4O3S3/c1-4-20(5-2)26(22,23)13-9-7-12(8-10-13)14(21)11-17-15-18-16(19-25-15)24-6-3/h7-10H,4-6,11H2,1-3H3,(H,17,18,19). The van der Waals surface area contributed by atoms with Crippen LogP contribution in [-0.2, 0) is 10.0 Å². The van der Waals surface area contributed by atoms with E-state index in [4.69, 9.17) is 0 Å². The molecule has 0 aliphatic rings. The maximum atomic E-state index is 12.5. The van der Waals surface area contributed by atoms with Crippen molar-refractivity contribution < 1.29 is 13.2 Å². The summed E-state index contributed by atoms with van der Waals surface area (Å²) in [6, 6.07) is 6.03. The lowest BCUT2D eigenvalue weighted by Gasteiger charge is -2.18. The number of hydrogen-bond acceptors (Lipinski definition) is 8. The molecule has 0 aliphatic heterocycles. The molecule has 2 rings (SSSR count). The fraction of sp³-hybridized carbons (Fsp3) is 0.438. The Morgan fingerprint density at radius 2 is 1.85 bits per heavy atom. The molecule has 0 bridgehead atoms. The molecule has 0 saturated heterocycles. The quantitative estimate of drug-likeness (QED) is 0.472. The molecule has 0 radical (unpaired) electrons. The Morgan fingerprint density at radius 1 is 1.19 bits per heavy atom. The lowest BCUT2D eigenvalue weighted by atomic mass is 10.1. The van der Waals surface area contributed by atoms with Crippen molar-refractivity contribution in [3.8, 4) is 0 Å². The van der Waals surface area contributed by atoms with Crippen molar-refractivity contribution in [3.63, 3.8) is 0 Å². The molecule has 7 nitrogen and oxygen atoms in total. The molecule has 2 aromatic rings. The summed E-state index contributed by atoms with van der Waals surface area (Å²) in [6.45, 7) is 6.50. The van der Waals surface area contributed by atoms with Crippen LogP contribution in [0.2, 0.25) is 0 Å². The Kier molecular flexibility index (Phi) is 7.56. The highest BCUT2D eigenvalue weighted by molar-refractivity contribution is 7.99. The van der Waals surface area contributed by atoms with Gasteiger partial charge in [0.05, 0.1) is 11.4 Å². The van der Waals surface area contributed by atoms with Crippen molar-refractivity contribution in [2.24, 2.45) is 0 Å². The topological polar surface area (TPSA) is 92.3 Å². The van der Waals surface area contributed by atoms with Crippen molar-refractivity contribution >= 4 is 44.2 Å². The lowest BCUT2D eigenvalue weighted by Crippen LogP contribution is -2.30. The van der Waals surface area contributed by atoms with Gasteiger partial charge in [0, 0.05) is 30.2 Å². The summed E-state index contributed by atoms with van der Waals surface area (Å²) in [7, 11) is -3.51. The first kappa shape index (κ1) is 20.8. The monoisotopic (exact) mass is 414 g/mol. The van der Waals surface area contributed by atoms with Gasteiger partial charge in [0.15, 0.2) is 5.78 Å². The fourth-order valence-electron chi connectivity index (χ4n) is 2.25. The zero-order valence-electron chi connectivity index (χ0n) is 14.9. The smallest absolute Gasteiger partial charge is 0.243 e. The molecular formula is C16H22N4O3S3. The second-order valence-electron chi connectivity index (χ2n) is 5.21. The normalized spacial score (nSPS) is 11.7. The maximum absolute atomic E-state index is 12.5. The molecule has 0 fully saturated rings. The van der Waals surface area contributed by atoms with E-state index in [0.29, 0.717) is 28.9 Å². The third-order valence-electron chi connectivity index (χ3n) is 3.60. The summed E-state index contributed by atoms with van der Waals surface area (Å²) in [5.74, 6) is 0.745. The third-order valence-corrected chi connectivity index (χ3v) is 7.18. The van der Waals surface area contributed by atoms with Crippen LogP contribution >= 0.6 is 23.3 Å². The second kappa shape index (κ2) is 9.45. The van der Waals surface area contributed by atoms with Crippen molar-refractivity contribution in [1.29, 1.82) is 0 Å². The lowest BCUT2D eigenvalue weighted by molar-refractivity contribution is 0.101. The van der Waals surface area contributed by atoms with Crippen LogP contribution in [0.3, 0.4) is 0 Å². The molecule has 1 N–H and O–H groups in total. The van der Waals surface area contributed by atoms with Gasteiger partial charge in [-0.2, -0.15) is 13.7 Å². The summed E-state index contributed by atoms with van der Waals surface area (Å²) in [6.07, 6.45) is 0. The number of aromatic nitrogens is 2. The zero-order chi connectivity index (χ0) is 19.2. The van der Waals surface area contributed by atoms with Crippen LogP contribution in [0.25, 0.3) is 0 Å². The summed E-state index contributed by atoms with van der Waals surface area (Å²) < 4.78 is 30.5. The molecule has 26 heavy (non-hydrogen) atoms. The van der Waals surface area contributed by atoms with Gasteiger partial charge in [-0.05, 0) is 30.0 Å². The van der Waals surface area contributed by atoms with Gasteiger partial charge in [-0.25, -0.2) is 8.42 Å². The number of Topliss-reactive ketones (excluding diaryl/α,β-unsaturated/α-hetero) is 1. The number of thioether (sulfide) groups is 1. The van der Waals surface area contributed by atoms with Gasteiger partial charge in [-0.3, -0.25) is 4.79 Å². The molecule has 142 valence electrons. The van der Waals surface area contributed by atoms with E-state index in [1.165, 1.54) is 39.7 Å². The number of ketones is 1. The number of nitrogens with zero attached hydrogens (tertiary/aromatic N) is 3. The molecule has 1 aromatic heterocycles. The minimum atomic E-state index is -3.51. The fourth-order valence-corrected chi connectivity index (χ4v) is 4.97. The van der Waals surface area contributed by atoms with Crippen LogP contribution in [-0.4, -0.2) is 53.3 Å². The van der Waals surface area contributed by atoms with E-state index in [9.17, 15) is 13.2 Å². The molecule has 0 aliphatic carbocycles. The molecular weight excluding hydrogens is 392 g/mol. The Labute approximate surface area is 162 Å². The highest BCUT2D eigenvalue weighted by Crippen LogP contribution is 2.20. The van der Waals surface area contributed by atoms with Crippen LogP contribution in [0, 0.1) is 0 Å². The predicted octanol–water partition coefficient (Wildman–Crippen LogP) is 2.98. The first-order valence-corrected chi connectivity index (χ1v) is 11.5. The van der Waals surface area contributed by atoms with E-state index < -0.39 is 10.0 Å². The van der Waals surface area contributed by atoms with Gasteiger partial charge in [0.25, 0.3) is 0 Å². The van der Waals surface area contributed by atoms with E-state index in [1.54, 1.807) is 26.0 Å². The van der Waals surface area contributed by atoms with Gasteiger partial charge in [-0.1, -0.05) is 32.5 Å².